The van der Waals surface area contributed by atoms with E-state index in [4.69, 9.17) is 0 Å². The molecular formula is C13H11Br2NO. The first-order chi connectivity index (χ1) is 7.81. The summed E-state index contributed by atoms with van der Waals surface area (Å²) in [6.07, 6.45) is 3.55. The number of hydrogen-bond donors (Lipinski definition) is 0. The number of Topliss-reactive ketones (excluding diaryl/α,β-unsaturated/α-hetero) is 1. The zero-order chi connectivity index (χ0) is 11.4. The molecule has 4 heteroatoms. The first kappa shape index (κ1) is 14.1. The molecule has 0 radical (unpaired) electrons. The maximum absolute atomic E-state index is 11.4. The van der Waals surface area contributed by atoms with Crippen LogP contribution in [0, 0.1) is 0 Å². The van der Waals surface area contributed by atoms with Crippen molar-refractivity contribution < 1.29 is 4.79 Å². The van der Waals surface area contributed by atoms with E-state index in [1.807, 2.05) is 36.4 Å². The molecule has 2 nitrogen and oxygen atoms in total. The van der Waals surface area contributed by atoms with Crippen molar-refractivity contribution in [3.63, 3.8) is 0 Å². The van der Waals surface area contributed by atoms with Gasteiger partial charge in [-0.2, -0.15) is 0 Å². The Balaban J connectivity index is 0.00000144. The second-order valence-electron chi connectivity index (χ2n) is 3.38. The topological polar surface area (TPSA) is 30.0 Å². The van der Waals surface area contributed by atoms with Crippen LogP contribution in [0.3, 0.4) is 0 Å². The zero-order valence-electron chi connectivity index (χ0n) is 8.97. The summed E-state index contributed by atoms with van der Waals surface area (Å²) in [6, 6.07) is 11.4. The van der Waals surface area contributed by atoms with Crippen LogP contribution in [-0.2, 0) is 0 Å². The Morgan fingerprint density at radius 1 is 1.12 bits per heavy atom. The van der Waals surface area contributed by atoms with Gasteiger partial charge in [0.05, 0.1) is 5.33 Å². The molecule has 0 aliphatic carbocycles. The third kappa shape index (κ3) is 3.48. The summed E-state index contributed by atoms with van der Waals surface area (Å²) in [5.74, 6) is 0.0951. The largest absolute Gasteiger partial charge is 0.293 e. The quantitative estimate of drug-likeness (QED) is 0.616. The highest BCUT2D eigenvalue weighted by Crippen LogP contribution is 2.18. The van der Waals surface area contributed by atoms with Crippen LogP contribution >= 0.6 is 32.9 Å². The third-order valence-corrected chi connectivity index (χ3v) is 2.83. The van der Waals surface area contributed by atoms with E-state index in [0.717, 1.165) is 16.7 Å². The van der Waals surface area contributed by atoms with Crippen LogP contribution in [0.15, 0.2) is 48.8 Å². The first-order valence-electron chi connectivity index (χ1n) is 4.91. The lowest BCUT2D eigenvalue weighted by Gasteiger charge is -2.02. The van der Waals surface area contributed by atoms with Gasteiger partial charge < -0.3 is 0 Å². The van der Waals surface area contributed by atoms with E-state index < -0.39 is 0 Å². The van der Waals surface area contributed by atoms with Gasteiger partial charge in [0.1, 0.15) is 0 Å². The summed E-state index contributed by atoms with van der Waals surface area (Å²) in [5.41, 5.74) is 2.85. The van der Waals surface area contributed by atoms with Gasteiger partial charge in [-0.1, -0.05) is 46.3 Å². The summed E-state index contributed by atoms with van der Waals surface area (Å²) in [5, 5.41) is 0.360. The van der Waals surface area contributed by atoms with Gasteiger partial charge in [0, 0.05) is 18.0 Å². The molecule has 0 amide bonds. The lowest BCUT2D eigenvalue weighted by atomic mass is 10.0. The fourth-order valence-electron chi connectivity index (χ4n) is 1.46. The average molecular weight is 357 g/mol. The van der Waals surface area contributed by atoms with Crippen molar-refractivity contribution in [3.8, 4) is 11.1 Å². The highest BCUT2D eigenvalue weighted by molar-refractivity contribution is 9.09. The van der Waals surface area contributed by atoms with Crippen LogP contribution < -0.4 is 0 Å². The number of benzene rings is 1. The van der Waals surface area contributed by atoms with E-state index in [9.17, 15) is 4.79 Å². The normalized spacial score (nSPS) is 9.47. The number of halogens is 2. The standard InChI is InChI=1S/C13H10BrNO.BrH/c14-8-13(16)11-5-3-10(4-6-11)12-2-1-7-15-9-12;/h1-7,9H,8H2;1H. The lowest BCUT2D eigenvalue weighted by molar-refractivity contribution is 0.102. The summed E-state index contributed by atoms with van der Waals surface area (Å²) in [4.78, 5) is 15.5. The molecule has 2 rings (SSSR count). The van der Waals surface area contributed by atoms with Crippen LogP contribution in [0.2, 0.25) is 0 Å². The maximum atomic E-state index is 11.4. The van der Waals surface area contributed by atoms with E-state index in [2.05, 4.69) is 20.9 Å². The molecule has 0 atom stereocenters. The molecule has 0 saturated heterocycles. The van der Waals surface area contributed by atoms with E-state index >= 15 is 0 Å². The highest BCUT2D eigenvalue weighted by atomic mass is 79.9. The molecule has 0 bridgehead atoms. The molecule has 0 N–H and O–H groups in total. The highest BCUT2D eigenvalue weighted by Gasteiger charge is 2.03. The Labute approximate surface area is 119 Å². The monoisotopic (exact) mass is 355 g/mol. The molecule has 0 saturated carbocycles. The van der Waals surface area contributed by atoms with Gasteiger partial charge in [-0.15, -0.1) is 17.0 Å². The van der Waals surface area contributed by atoms with Crippen molar-refractivity contribution in [1.29, 1.82) is 0 Å². The number of ketones is 1. The summed E-state index contributed by atoms with van der Waals surface area (Å²) in [6.45, 7) is 0. The molecule has 0 spiro atoms. The fourth-order valence-corrected chi connectivity index (χ4v) is 1.78. The smallest absolute Gasteiger partial charge is 0.173 e. The molecule has 0 fully saturated rings. The van der Waals surface area contributed by atoms with E-state index in [1.54, 1.807) is 12.4 Å². The number of carbonyl (C=O) groups is 1. The Hall–Kier alpha value is -1.00. The fraction of sp³-hybridized carbons (Fsp3) is 0.0769. The van der Waals surface area contributed by atoms with Crippen LogP contribution in [-0.4, -0.2) is 16.1 Å². The summed E-state index contributed by atoms with van der Waals surface area (Å²) < 4.78 is 0. The Morgan fingerprint density at radius 2 is 1.82 bits per heavy atom. The van der Waals surface area contributed by atoms with Gasteiger partial charge in [-0.05, 0) is 17.2 Å². The van der Waals surface area contributed by atoms with Gasteiger partial charge in [0.25, 0.3) is 0 Å². The van der Waals surface area contributed by atoms with Crippen LogP contribution in [0.25, 0.3) is 11.1 Å². The molecule has 17 heavy (non-hydrogen) atoms. The molecule has 0 aliphatic rings. The van der Waals surface area contributed by atoms with E-state index in [1.165, 1.54) is 0 Å². The average Bonchev–Trinajstić information content (AvgIpc) is 2.39. The Morgan fingerprint density at radius 3 is 2.35 bits per heavy atom. The summed E-state index contributed by atoms with van der Waals surface area (Å²) in [7, 11) is 0. The predicted octanol–water partition coefficient (Wildman–Crippen LogP) is 3.90. The maximum Gasteiger partial charge on any atom is 0.173 e. The molecule has 1 aromatic carbocycles. The predicted molar refractivity (Wildman–Crippen MR) is 78.1 cm³/mol. The van der Waals surface area contributed by atoms with Gasteiger partial charge in [0.2, 0.25) is 0 Å². The van der Waals surface area contributed by atoms with E-state index in [0.29, 0.717) is 5.33 Å². The van der Waals surface area contributed by atoms with Gasteiger partial charge in [-0.25, -0.2) is 0 Å². The minimum Gasteiger partial charge on any atom is -0.293 e. The number of rotatable bonds is 3. The molecule has 1 heterocycles. The van der Waals surface area contributed by atoms with Crippen molar-refractivity contribution in [1.82, 2.24) is 4.98 Å². The van der Waals surface area contributed by atoms with Crippen LogP contribution in [0.4, 0.5) is 0 Å². The lowest BCUT2D eigenvalue weighted by Crippen LogP contribution is -1.98. The number of aromatic nitrogens is 1. The summed E-state index contributed by atoms with van der Waals surface area (Å²) >= 11 is 3.16. The number of alkyl halides is 1. The zero-order valence-corrected chi connectivity index (χ0v) is 12.3. The SMILES string of the molecule is Br.O=C(CBr)c1ccc(-c2cccnc2)cc1. The number of pyridine rings is 1. The molecular weight excluding hydrogens is 346 g/mol. The second-order valence-corrected chi connectivity index (χ2v) is 3.94. The van der Waals surface area contributed by atoms with Gasteiger partial charge in [0.15, 0.2) is 5.78 Å². The third-order valence-electron chi connectivity index (χ3n) is 2.32. The van der Waals surface area contributed by atoms with Crippen molar-refractivity contribution in [2.75, 3.05) is 5.33 Å². The van der Waals surface area contributed by atoms with Gasteiger partial charge in [-0.3, -0.25) is 9.78 Å². The van der Waals surface area contributed by atoms with Gasteiger partial charge >= 0.3 is 0 Å². The van der Waals surface area contributed by atoms with E-state index in [-0.39, 0.29) is 22.8 Å². The number of nitrogens with zero attached hydrogens (tertiary/aromatic N) is 1. The molecule has 88 valence electrons. The first-order valence-corrected chi connectivity index (χ1v) is 6.03. The number of hydrogen-bond acceptors (Lipinski definition) is 2. The Bertz CT molecular complexity index is 483. The Kier molecular flexibility index (Phi) is 5.51. The molecule has 0 aliphatic heterocycles. The number of carbonyl (C=O) groups excluding carboxylic acids is 1. The van der Waals surface area contributed by atoms with Crippen molar-refractivity contribution in [3.05, 3.63) is 54.4 Å². The van der Waals surface area contributed by atoms with Crippen molar-refractivity contribution in [2.24, 2.45) is 0 Å². The van der Waals surface area contributed by atoms with Crippen LogP contribution in [0.1, 0.15) is 10.4 Å². The van der Waals surface area contributed by atoms with Crippen molar-refractivity contribution >= 4 is 38.7 Å². The molecule has 1 aromatic heterocycles. The molecule has 0 unspecified atom stereocenters. The second kappa shape index (κ2) is 6.67. The van der Waals surface area contributed by atoms with Crippen LogP contribution in [0.5, 0.6) is 0 Å². The minimum atomic E-state index is 0. The minimum absolute atomic E-state index is 0. The molecule has 2 aromatic rings. The van der Waals surface area contributed by atoms with Crippen molar-refractivity contribution in [2.45, 2.75) is 0 Å².